The van der Waals surface area contributed by atoms with Crippen molar-refractivity contribution in [1.29, 1.82) is 0 Å². The Balaban J connectivity index is 2.80. The summed E-state index contributed by atoms with van der Waals surface area (Å²) in [7, 11) is 1.46. The number of nitro groups is 1. The second-order valence-electron chi connectivity index (χ2n) is 2.93. The van der Waals surface area contributed by atoms with E-state index in [0.29, 0.717) is 18.1 Å². The lowest BCUT2D eigenvalue weighted by molar-refractivity contribution is -0.384. The average Bonchev–Trinajstić information content (AvgIpc) is 2.29. The number of thioether (sulfide) groups is 1. The SMILES string of the molecule is COc1cc([N+](=O)[O-])ccc1OCCSC. The Kier molecular flexibility index (Phi) is 4.91. The number of rotatable bonds is 6. The molecule has 0 bridgehead atoms. The number of non-ortho nitro benzene ring substituents is 1. The molecule has 88 valence electrons. The van der Waals surface area contributed by atoms with E-state index in [2.05, 4.69) is 0 Å². The van der Waals surface area contributed by atoms with Crippen molar-refractivity contribution in [3.8, 4) is 11.5 Å². The van der Waals surface area contributed by atoms with Crippen molar-refractivity contribution in [3.05, 3.63) is 28.3 Å². The fourth-order valence-corrected chi connectivity index (χ4v) is 1.37. The third-order valence-electron chi connectivity index (χ3n) is 1.90. The largest absolute Gasteiger partial charge is 0.493 e. The molecule has 0 unspecified atom stereocenters. The van der Waals surface area contributed by atoms with E-state index in [1.54, 1.807) is 17.8 Å². The second kappa shape index (κ2) is 6.22. The maximum atomic E-state index is 10.5. The van der Waals surface area contributed by atoms with Crippen LogP contribution in [0.5, 0.6) is 11.5 Å². The lowest BCUT2D eigenvalue weighted by atomic mass is 10.3. The Labute approximate surface area is 97.9 Å². The first-order valence-corrected chi connectivity index (χ1v) is 6.02. The van der Waals surface area contributed by atoms with Gasteiger partial charge >= 0.3 is 0 Å². The zero-order valence-corrected chi connectivity index (χ0v) is 9.95. The Morgan fingerprint density at radius 3 is 2.75 bits per heavy atom. The van der Waals surface area contributed by atoms with Crippen molar-refractivity contribution in [2.75, 3.05) is 25.7 Å². The Morgan fingerprint density at radius 1 is 1.44 bits per heavy atom. The van der Waals surface area contributed by atoms with Crippen LogP contribution in [0.4, 0.5) is 5.69 Å². The van der Waals surface area contributed by atoms with Crippen molar-refractivity contribution in [1.82, 2.24) is 0 Å². The molecule has 0 aliphatic heterocycles. The minimum absolute atomic E-state index is 0.00549. The molecule has 0 spiro atoms. The van der Waals surface area contributed by atoms with E-state index in [1.807, 2.05) is 6.26 Å². The van der Waals surface area contributed by atoms with Gasteiger partial charge in [0.1, 0.15) is 0 Å². The van der Waals surface area contributed by atoms with Gasteiger partial charge in [-0.15, -0.1) is 0 Å². The lowest BCUT2D eigenvalue weighted by Crippen LogP contribution is -2.01. The summed E-state index contributed by atoms with van der Waals surface area (Å²) in [4.78, 5) is 10.1. The topological polar surface area (TPSA) is 61.6 Å². The molecule has 1 aromatic rings. The number of hydrogen-bond acceptors (Lipinski definition) is 5. The summed E-state index contributed by atoms with van der Waals surface area (Å²) in [6, 6.07) is 4.31. The number of nitro benzene ring substituents is 1. The molecule has 1 rings (SSSR count). The highest BCUT2D eigenvalue weighted by Crippen LogP contribution is 2.31. The summed E-state index contributed by atoms with van der Waals surface area (Å²) < 4.78 is 10.5. The Bertz CT molecular complexity index is 370. The first kappa shape index (κ1) is 12.6. The van der Waals surface area contributed by atoms with Crippen molar-refractivity contribution in [2.45, 2.75) is 0 Å². The highest BCUT2D eigenvalue weighted by molar-refractivity contribution is 7.98. The molecule has 0 aliphatic carbocycles. The first-order chi connectivity index (χ1) is 7.69. The molecule has 0 fully saturated rings. The standard InChI is InChI=1S/C10H13NO4S/c1-14-10-7-8(11(12)13)3-4-9(10)15-5-6-16-2/h3-4,7H,5-6H2,1-2H3. The minimum Gasteiger partial charge on any atom is -0.493 e. The van der Waals surface area contributed by atoms with E-state index in [1.165, 1.54) is 19.2 Å². The molecule has 0 saturated carbocycles. The van der Waals surface area contributed by atoms with E-state index < -0.39 is 4.92 Å². The van der Waals surface area contributed by atoms with Gasteiger partial charge in [0.2, 0.25) is 0 Å². The van der Waals surface area contributed by atoms with Crippen LogP contribution >= 0.6 is 11.8 Å². The van der Waals surface area contributed by atoms with Crippen molar-refractivity contribution in [3.63, 3.8) is 0 Å². The van der Waals surface area contributed by atoms with Gasteiger partial charge in [0.05, 0.1) is 24.7 Å². The molecule has 6 heteroatoms. The van der Waals surface area contributed by atoms with E-state index in [-0.39, 0.29) is 5.69 Å². The van der Waals surface area contributed by atoms with Crippen LogP contribution in [0.15, 0.2) is 18.2 Å². The van der Waals surface area contributed by atoms with Crippen LogP contribution in [0.1, 0.15) is 0 Å². The van der Waals surface area contributed by atoms with Crippen LogP contribution < -0.4 is 9.47 Å². The molecule has 0 saturated heterocycles. The molecule has 1 aromatic carbocycles. The zero-order valence-electron chi connectivity index (χ0n) is 9.13. The van der Waals surface area contributed by atoms with Crippen LogP contribution in [0.2, 0.25) is 0 Å². The Morgan fingerprint density at radius 2 is 2.19 bits per heavy atom. The van der Waals surface area contributed by atoms with Crippen molar-refractivity contribution >= 4 is 17.4 Å². The van der Waals surface area contributed by atoms with Gasteiger partial charge in [-0.2, -0.15) is 11.8 Å². The van der Waals surface area contributed by atoms with Crippen LogP contribution in [0.25, 0.3) is 0 Å². The van der Waals surface area contributed by atoms with Gasteiger partial charge in [0, 0.05) is 11.8 Å². The van der Waals surface area contributed by atoms with E-state index in [0.717, 1.165) is 5.75 Å². The molecule has 0 radical (unpaired) electrons. The van der Waals surface area contributed by atoms with Crippen LogP contribution in [-0.4, -0.2) is 30.6 Å². The minimum atomic E-state index is -0.464. The average molecular weight is 243 g/mol. The maximum absolute atomic E-state index is 10.5. The summed E-state index contributed by atoms with van der Waals surface area (Å²) in [6.45, 7) is 0.551. The molecule has 0 heterocycles. The molecule has 5 nitrogen and oxygen atoms in total. The Hall–Kier alpha value is -1.43. The maximum Gasteiger partial charge on any atom is 0.273 e. The third kappa shape index (κ3) is 3.30. The van der Waals surface area contributed by atoms with Gasteiger partial charge in [-0.05, 0) is 12.3 Å². The smallest absolute Gasteiger partial charge is 0.273 e. The summed E-state index contributed by atoms with van der Waals surface area (Å²) in [5.41, 5.74) is -0.00549. The van der Waals surface area contributed by atoms with Gasteiger partial charge < -0.3 is 9.47 Å². The summed E-state index contributed by atoms with van der Waals surface area (Å²) in [5, 5.41) is 10.5. The normalized spacial score (nSPS) is 9.88. The zero-order chi connectivity index (χ0) is 12.0. The summed E-state index contributed by atoms with van der Waals surface area (Å²) >= 11 is 1.67. The number of ether oxygens (including phenoxy) is 2. The first-order valence-electron chi connectivity index (χ1n) is 4.63. The van der Waals surface area contributed by atoms with Gasteiger partial charge in [0.15, 0.2) is 11.5 Å². The van der Waals surface area contributed by atoms with Crippen LogP contribution in [0.3, 0.4) is 0 Å². The number of benzene rings is 1. The van der Waals surface area contributed by atoms with Crippen LogP contribution in [0, 0.1) is 10.1 Å². The lowest BCUT2D eigenvalue weighted by Gasteiger charge is -2.09. The summed E-state index contributed by atoms with van der Waals surface area (Å²) in [6.07, 6.45) is 1.98. The monoisotopic (exact) mass is 243 g/mol. The molecule has 0 N–H and O–H groups in total. The predicted octanol–water partition coefficient (Wildman–Crippen LogP) is 2.35. The predicted molar refractivity (Wildman–Crippen MR) is 63.5 cm³/mol. The number of hydrogen-bond donors (Lipinski definition) is 0. The van der Waals surface area contributed by atoms with E-state index >= 15 is 0 Å². The molecule has 0 amide bonds. The van der Waals surface area contributed by atoms with Gasteiger partial charge in [0.25, 0.3) is 5.69 Å². The van der Waals surface area contributed by atoms with Gasteiger partial charge in [-0.1, -0.05) is 0 Å². The van der Waals surface area contributed by atoms with Gasteiger partial charge in [-0.25, -0.2) is 0 Å². The third-order valence-corrected chi connectivity index (χ3v) is 2.48. The molecule has 0 atom stereocenters. The quantitative estimate of drug-likeness (QED) is 0.436. The molecule has 0 aromatic heterocycles. The van der Waals surface area contributed by atoms with Gasteiger partial charge in [-0.3, -0.25) is 10.1 Å². The van der Waals surface area contributed by atoms with Crippen LogP contribution in [-0.2, 0) is 0 Å². The highest BCUT2D eigenvalue weighted by atomic mass is 32.2. The molecular weight excluding hydrogens is 230 g/mol. The van der Waals surface area contributed by atoms with Crippen molar-refractivity contribution in [2.24, 2.45) is 0 Å². The highest BCUT2D eigenvalue weighted by Gasteiger charge is 2.11. The fourth-order valence-electron chi connectivity index (χ4n) is 1.12. The number of methoxy groups -OCH3 is 1. The fraction of sp³-hybridized carbons (Fsp3) is 0.400. The second-order valence-corrected chi connectivity index (χ2v) is 3.92. The number of nitrogens with zero attached hydrogens (tertiary/aromatic N) is 1. The molecule has 16 heavy (non-hydrogen) atoms. The van der Waals surface area contributed by atoms with Crippen molar-refractivity contribution < 1.29 is 14.4 Å². The molecule has 0 aliphatic rings. The molecular formula is C10H13NO4S. The summed E-state index contributed by atoms with van der Waals surface area (Å²) in [5.74, 6) is 1.78. The van der Waals surface area contributed by atoms with E-state index in [9.17, 15) is 10.1 Å². The van der Waals surface area contributed by atoms with E-state index in [4.69, 9.17) is 9.47 Å².